The van der Waals surface area contributed by atoms with Gasteiger partial charge in [-0.1, -0.05) is 6.07 Å². The van der Waals surface area contributed by atoms with E-state index in [0.29, 0.717) is 16.9 Å². The average molecular weight is 293 g/mol. The summed E-state index contributed by atoms with van der Waals surface area (Å²) in [5.74, 6) is -0.615. The second-order valence-corrected chi connectivity index (χ2v) is 4.58. The maximum absolute atomic E-state index is 13.4. The van der Waals surface area contributed by atoms with E-state index in [1.54, 1.807) is 31.2 Å². The molecule has 0 amide bonds. The average Bonchev–Trinajstić information content (AvgIpc) is 2.42. The van der Waals surface area contributed by atoms with Crippen molar-refractivity contribution >= 4 is 28.7 Å². The zero-order chi connectivity index (χ0) is 14.5. The van der Waals surface area contributed by atoms with Gasteiger partial charge in [0.1, 0.15) is 11.6 Å². The van der Waals surface area contributed by atoms with Crippen LogP contribution in [-0.2, 0) is 0 Å². The minimum atomic E-state index is -0.314. The van der Waals surface area contributed by atoms with Crippen molar-refractivity contribution in [1.82, 2.24) is 5.43 Å². The number of rotatable bonds is 3. The van der Waals surface area contributed by atoms with Crippen molar-refractivity contribution in [1.29, 1.82) is 0 Å². The van der Waals surface area contributed by atoms with Crippen molar-refractivity contribution in [3.63, 3.8) is 0 Å². The van der Waals surface area contributed by atoms with E-state index in [1.165, 1.54) is 18.2 Å². The molecular weight excluding hydrogens is 280 g/mol. The lowest BCUT2D eigenvalue weighted by Crippen LogP contribution is -2.33. The predicted molar refractivity (Wildman–Crippen MR) is 80.5 cm³/mol. The van der Waals surface area contributed by atoms with Crippen LogP contribution in [0.25, 0.3) is 0 Å². The van der Waals surface area contributed by atoms with Crippen LogP contribution in [0.15, 0.2) is 42.5 Å². The molecule has 0 saturated heterocycles. The minimum Gasteiger partial charge on any atom is -0.331 e. The first-order valence-electron chi connectivity index (χ1n) is 5.89. The predicted octanol–water partition coefficient (Wildman–Crippen LogP) is 3.59. The fourth-order valence-electron chi connectivity index (χ4n) is 1.50. The van der Waals surface area contributed by atoms with Gasteiger partial charge in [-0.15, -0.1) is 0 Å². The Morgan fingerprint density at radius 1 is 1.00 bits per heavy atom. The van der Waals surface area contributed by atoms with E-state index in [4.69, 9.17) is 12.2 Å². The maximum Gasteiger partial charge on any atom is 0.189 e. The van der Waals surface area contributed by atoms with Crippen molar-refractivity contribution in [2.75, 3.05) is 10.7 Å². The molecule has 0 unspecified atom stereocenters. The summed E-state index contributed by atoms with van der Waals surface area (Å²) < 4.78 is 26.1. The van der Waals surface area contributed by atoms with Crippen LogP contribution in [0.1, 0.15) is 5.56 Å². The number of hydrazine groups is 1. The van der Waals surface area contributed by atoms with Crippen LogP contribution in [0, 0.1) is 18.6 Å². The number of anilines is 2. The van der Waals surface area contributed by atoms with E-state index in [-0.39, 0.29) is 16.7 Å². The molecule has 20 heavy (non-hydrogen) atoms. The molecule has 3 N–H and O–H groups in total. The van der Waals surface area contributed by atoms with Gasteiger partial charge in [0.15, 0.2) is 5.11 Å². The van der Waals surface area contributed by atoms with Crippen LogP contribution in [0.5, 0.6) is 0 Å². The van der Waals surface area contributed by atoms with Gasteiger partial charge in [-0.2, -0.15) is 0 Å². The normalized spacial score (nSPS) is 9.95. The van der Waals surface area contributed by atoms with Gasteiger partial charge in [0, 0.05) is 5.69 Å². The van der Waals surface area contributed by atoms with Gasteiger partial charge >= 0.3 is 0 Å². The topological polar surface area (TPSA) is 36.1 Å². The Hall–Kier alpha value is -2.21. The van der Waals surface area contributed by atoms with Gasteiger partial charge in [-0.05, 0) is 61.1 Å². The number of hydrogen-bond acceptors (Lipinski definition) is 2. The molecule has 0 radical (unpaired) electrons. The molecule has 2 aromatic carbocycles. The molecule has 2 rings (SSSR count). The first-order valence-corrected chi connectivity index (χ1v) is 6.30. The van der Waals surface area contributed by atoms with Crippen molar-refractivity contribution in [2.24, 2.45) is 0 Å². The van der Waals surface area contributed by atoms with Crippen molar-refractivity contribution in [3.8, 4) is 0 Å². The van der Waals surface area contributed by atoms with E-state index in [9.17, 15) is 8.78 Å². The summed E-state index contributed by atoms with van der Waals surface area (Å²) in [6, 6.07) is 10.5. The molecule has 2 aromatic rings. The van der Waals surface area contributed by atoms with Crippen LogP contribution in [-0.4, -0.2) is 5.11 Å². The Labute approximate surface area is 121 Å². The molecule has 0 aliphatic heterocycles. The quantitative estimate of drug-likeness (QED) is 0.597. The Kier molecular flexibility index (Phi) is 4.47. The van der Waals surface area contributed by atoms with Gasteiger partial charge in [-0.3, -0.25) is 10.9 Å². The molecular formula is C14H13F2N3S. The zero-order valence-corrected chi connectivity index (χ0v) is 11.5. The molecule has 0 saturated carbocycles. The van der Waals surface area contributed by atoms with Gasteiger partial charge in [0.25, 0.3) is 0 Å². The van der Waals surface area contributed by atoms with E-state index >= 15 is 0 Å². The highest BCUT2D eigenvalue weighted by atomic mass is 32.1. The zero-order valence-electron chi connectivity index (χ0n) is 10.7. The lowest BCUT2D eigenvalue weighted by Gasteiger charge is -2.12. The smallest absolute Gasteiger partial charge is 0.189 e. The SMILES string of the molecule is Cc1ccc(NC(=S)NNc2ccc(F)cc2)cc1F. The summed E-state index contributed by atoms with van der Waals surface area (Å²) in [6.07, 6.45) is 0. The first kappa shape index (κ1) is 14.2. The van der Waals surface area contributed by atoms with Gasteiger partial charge in [0.05, 0.1) is 5.69 Å². The molecule has 0 aromatic heterocycles. The van der Waals surface area contributed by atoms with Crippen LogP contribution in [0.3, 0.4) is 0 Å². The van der Waals surface area contributed by atoms with Crippen molar-refractivity contribution in [3.05, 3.63) is 59.7 Å². The molecule has 0 bridgehead atoms. The van der Waals surface area contributed by atoms with E-state index in [0.717, 1.165) is 0 Å². The van der Waals surface area contributed by atoms with Crippen LogP contribution in [0.4, 0.5) is 20.2 Å². The third-order valence-electron chi connectivity index (χ3n) is 2.59. The summed E-state index contributed by atoms with van der Waals surface area (Å²) in [7, 11) is 0. The van der Waals surface area contributed by atoms with Crippen molar-refractivity contribution in [2.45, 2.75) is 6.92 Å². The highest BCUT2D eigenvalue weighted by molar-refractivity contribution is 7.80. The van der Waals surface area contributed by atoms with Crippen LogP contribution in [0.2, 0.25) is 0 Å². The van der Waals surface area contributed by atoms with Gasteiger partial charge in [-0.25, -0.2) is 8.78 Å². The molecule has 0 fully saturated rings. The third-order valence-corrected chi connectivity index (χ3v) is 2.80. The summed E-state index contributed by atoms with van der Waals surface area (Å²) >= 11 is 5.06. The summed E-state index contributed by atoms with van der Waals surface area (Å²) in [4.78, 5) is 0. The summed E-state index contributed by atoms with van der Waals surface area (Å²) in [5, 5.41) is 3.11. The number of nitrogens with one attached hydrogen (secondary N) is 3. The molecule has 0 aliphatic carbocycles. The summed E-state index contributed by atoms with van der Waals surface area (Å²) in [6.45, 7) is 1.69. The van der Waals surface area contributed by atoms with Crippen molar-refractivity contribution < 1.29 is 8.78 Å². The molecule has 3 nitrogen and oxygen atoms in total. The number of benzene rings is 2. The Morgan fingerprint density at radius 2 is 1.65 bits per heavy atom. The lowest BCUT2D eigenvalue weighted by atomic mass is 10.2. The van der Waals surface area contributed by atoms with Crippen LogP contribution >= 0.6 is 12.2 Å². The third kappa shape index (κ3) is 3.89. The maximum atomic E-state index is 13.4. The lowest BCUT2D eigenvalue weighted by molar-refractivity contribution is 0.619. The molecule has 6 heteroatoms. The van der Waals surface area contributed by atoms with E-state index in [2.05, 4.69) is 16.2 Å². The Morgan fingerprint density at radius 3 is 2.30 bits per heavy atom. The Balaban J connectivity index is 1.89. The molecule has 104 valence electrons. The monoisotopic (exact) mass is 293 g/mol. The highest BCUT2D eigenvalue weighted by Crippen LogP contribution is 2.13. The highest BCUT2D eigenvalue weighted by Gasteiger charge is 2.01. The second kappa shape index (κ2) is 6.29. The van der Waals surface area contributed by atoms with E-state index in [1.807, 2.05) is 0 Å². The largest absolute Gasteiger partial charge is 0.331 e. The number of halogens is 2. The van der Waals surface area contributed by atoms with Gasteiger partial charge < -0.3 is 5.32 Å². The molecule has 0 spiro atoms. The number of thiocarbonyl (C=S) groups is 1. The number of aryl methyl sites for hydroxylation is 1. The first-order chi connectivity index (χ1) is 9.54. The molecule has 0 heterocycles. The standard InChI is InChI=1S/C14H13F2N3S/c1-9-2-5-12(8-13(9)16)17-14(20)19-18-11-6-3-10(15)4-7-11/h2-8,18H,1H3,(H2,17,19,20). The second-order valence-electron chi connectivity index (χ2n) is 4.17. The minimum absolute atomic E-state index is 0.276. The van der Waals surface area contributed by atoms with E-state index < -0.39 is 0 Å². The fraction of sp³-hybridized carbons (Fsp3) is 0.0714. The fourth-order valence-corrected chi connectivity index (χ4v) is 1.66. The molecule has 0 atom stereocenters. The molecule has 0 aliphatic rings. The van der Waals surface area contributed by atoms with Gasteiger partial charge in [0.2, 0.25) is 0 Å². The summed E-state index contributed by atoms with van der Waals surface area (Å²) in [5.41, 5.74) is 7.30. The van der Waals surface area contributed by atoms with Crippen LogP contribution < -0.4 is 16.2 Å². The number of hydrogen-bond donors (Lipinski definition) is 3. The Bertz CT molecular complexity index is 614.